The number of nitrogens with zero attached hydrogens (tertiary/aromatic N) is 3. The molecule has 2 aromatic carbocycles. The number of allylic oxidation sites excluding steroid dienone is 1. The highest BCUT2D eigenvalue weighted by Gasteiger charge is 2.45. The van der Waals surface area contributed by atoms with Gasteiger partial charge in [-0.1, -0.05) is 81.5 Å². The summed E-state index contributed by atoms with van der Waals surface area (Å²) >= 11 is 1.56. The van der Waals surface area contributed by atoms with Gasteiger partial charge in [0.2, 0.25) is 23.6 Å². The van der Waals surface area contributed by atoms with Crippen molar-refractivity contribution >= 4 is 46.9 Å². The molecule has 2 fully saturated rings. The molecule has 3 atom stereocenters. The molecule has 1 aliphatic heterocycles. The van der Waals surface area contributed by atoms with E-state index in [-0.39, 0.29) is 95.9 Å². The van der Waals surface area contributed by atoms with E-state index in [9.17, 15) is 42.3 Å². The monoisotopic (exact) mass is 1120 g/mol. The number of benzene rings is 2. The van der Waals surface area contributed by atoms with Crippen LogP contribution in [0, 0.1) is 24.2 Å². The lowest BCUT2D eigenvalue weighted by Crippen LogP contribution is -2.58. The van der Waals surface area contributed by atoms with E-state index in [0.717, 1.165) is 32.8 Å². The normalized spacial score (nSPS) is 18.1. The van der Waals surface area contributed by atoms with E-state index in [1.807, 2.05) is 76.2 Å². The van der Waals surface area contributed by atoms with E-state index in [1.165, 1.54) is 18.2 Å². The Balaban J connectivity index is 0.783. The number of hydrogen-bond donors (Lipinski definition) is 5. The molecule has 5 N–H and O–H groups in total. The molecule has 1 saturated carbocycles. The van der Waals surface area contributed by atoms with Gasteiger partial charge in [-0.2, -0.15) is 13.2 Å². The smallest absolute Gasteiger partial charge is 0.391 e. The van der Waals surface area contributed by atoms with Gasteiger partial charge in [-0.15, -0.1) is 11.3 Å². The molecule has 2 aromatic heterocycles. The standard InChI is InChI=1S/C57H74F3N7O11S/c1-37-51(79-36-65-37)42-14-10-39(11-15-42)31-64-54(72)47-30-45(68)34-67(47)55(73)52(56(2,3)4)66-50(70)35-78-26-25-77-24-23-76-22-21-75-20-19-61-49(69)28-40-7-6-8-41(27-40)32-63-53(71)46-29-43(48(74-5)33-62-46)16-9-38-12-17-44(18-13-38)57(58,59)60/h6-11,14-16,27,29,33,36,38,44-45,47,52,68H,12-13,17-26,28,30-32,34-35H2,1-5H3,(H,61,69)(H,63,71)(H,64,72)(H,66,70)/b16-9+/t38-,44-,45-,47+,52-/m1/s1. The Morgan fingerprint density at radius 2 is 1.47 bits per heavy atom. The Labute approximate surface area is 463 Å². The van der Waals surface area contributed by atoms with Gasteiger partial charge < -0.3 is 55.0 Å². The van der Waals surface area contributed by atoms with Crippen LogP contribution in [-0.2, 0) is 57.6 Å². The number of thiazole rings is 1. The molecule has 22 heteroatoms. The van der Waals surface area contributed by atoms with Crippen LogP contribution in [-0.4, -0.2) is 147 Å². The van der Waals surface area contributed by atoms with Gasteiger partial charge in [0.1, 0.15) is 30.1 Å². The number of pyridine rings is 1. The van der Waals surface area contributed by atoms with Crippen molar-refractivity contribution in [2.75, 3.05) is 73.1 Å². The quantitative estimate of drug-likeness (QED) is 0.0390. The van der Waals surface area contributed by atoms with E-state index >= 15 is 0 Å². The topological polar surface area (TPSA) is 229 Å². The first-order valence-corrected chi connectivity index (χ1v) is 27.4. The van der Waals surface area contributed by atoms with Crippen molar-refractivity contribution in [2.24, 2.45) is 17.3 Å². The molecule has 5 amide bonds. The first-order valence-electron chi connectivity index (χ1n) is 26.6. The number of carbonyl (C=O) groups is 5. The van der Waals surface area contributed by atoms with Crippen LogP contribution < -0.4 is 26.0 Å². The molecule has 2 aliphatic rings. The average molecular weight is 1120 g/mol. The lowest BCUT2D eigenvalue weighted by atomic mass is 9.81. The number of halogens is 3. The van der Waals surface area contributed by atoms with Gasteiger partial charge in [0.05, 0.1) is 94.1 Å². The fourth-order valence-corrected chi connectivity index (χ4v) is 10.0. The van der Waals surface area contributed by atoms with Crippen molar-refractivity contribution in [3.63, 3.8) is 0 Å². The third kappa shape index (κ3) is 19.8. The summed E-state index contributed by atoms with van der Waals surface area (Å²) in [6.45, 7) is 9.51. The number of likely N-dealkylation sites (tertiary alicyclic amines) is 1. The van der Waals surface area contributed by atoms with Crippen molar-refractivity contribution in [3.8, 4) is 16.2 Å². The lowest BCUT2D eigenvalue weighted by Gasteiger charge is -2.35. The van der Waals surface area contributed by atoms with Crippen molar-refractivity contribution in [1.29, 1.82) is 0 Å². The Morgan fingerprint density at radius 1 is 0.810 bits per heavy atom. The minimum atomic E-state index is -4.17. The zero-order chi connectivity index (χ0) is 57.0. The highest BCUT2D eigenvalue weighted by molar-refractivity contribution is 7.13. The zero-order valence-corrected chi connectivity index (χ0v) is 46.4. The molecule has 1 aliphatic carbocycles. The molecule has 0 unspecified atom stereocenters. The summed E-state index contributed by atoms with van der Waals surface area (Å²) in [5.74, 6) is -2.82. The molecular formula is C57H74F3N7O11S. The molecule has 6 rings (SSSR count). The predicted molar refractivity (Wildman–Crippen MR) is 291 cm³/mol. The SMILES string of the molecule is COc1cnc(C(=O)NCc2cccc(CC(=O)NCCOCCOCCOCCOCC(=O)N[C@H](C(=O)N3C[C@H](O)C[C@H]3C(=O)NCc3ccc(-c4scnc4C)cc3)C(C)(C)C)c2)cc1/C=C/[C@H]1CC[C@H](C(F)(F)F)CC1. The number of methoxy groups -OCH3 is 1. The average Bonchev–Trinajstić information content (AvgIpc) is 4.05. The maximum absolute atomic E-state index is 13.9. The molecule has 3 heterocycles. The number of amides is 5. The molecule has 430 valence electrons. The van der Waals surface area contributed by atoms with Crippen LogP contribution in [0.3, 0.4) is 0 Å². The number of rotatable bonds is 28. The largest absolute Gasteiger partial charge is 0.495 e. The van der Waals surface area contributed by atoms with Crippen LogP contribution in [0.4, 0.5) is 13.2 Å². The van der Waals surface area contributed by atoms with Crippen molar-refractivity contribution < 1.29 is 65.9 Å². The number of ether oxygens (including phenoxy) is 5. The van der Waals surface area contributed by atoms with E-state index in [4.69, 9.17) is 23.7 Å². The number of β-amino-alcohol motifs (C(OH)–C–C–N with tert-alkyl or cyclic N) is 1. The molecule has 18 nitrogen and oxygen atoms in total. The van der Waals surface area contributed by atoms with Crippen LogP contribution in [0.5, 0.6) is 5.75 Å². The van der Waals surface area contributed by atoms with Crippen molar-refractivity contribution in [2.45, 2.75) is 104 Å². The van der Waals surface area contributed by atoms with E-state index in [1.54, 1.807) is 35.1 Å². The second-order valence-corrected chi connectivity index (χ2v) is 21.5. The van der Waals surface area contributed by atoms with Crippen LogP contribution >= 0.6 is 11.3 Å². The van der Waals surface area contributed by atoms with Gasteiger partial charge in [-0.25, -0.2) is 9.97 Å². The van der Waals surface area contributed by atoms with Gasteiger partial charge in [-0.05, 0) is 72.3 Å². The number of carbonyl (C=O) groups excluding carboxylic acids is 5. The molecule has 0 spiro atoms. The second kappa shape index (κ2) is 30.3. The summed E-state index contributed by atoms with van der Waals surface area (Å²) in [6.07, 6.45) is 1.28. The Morgan fingerprint density at radius 3 is 2.11 bits per heavy atom. The number of alkyl halides is 3. The van der Waals surface area contributed by atoms with Crippen LogP contribution in [0.1, 0.15) is 91.3 Å². The molecule has 4 aromatic rings. The van der Waals surface area contributed by atoms with Gasteiger partial charge in [0.25, 0.3) is 5.91 Å². The van der Waals surface area contributed by atoms with Crippen LogP contribution in [0.25, 0.3) is 16.5 Å². The molecule has 0 bridgehead atoms. The van der Waals surface area contributed by atoms with Gasteiger partial charge in [0.15, 0.2) is 0 Å². The minimum Gasteiger partial charge on any atom is -0.495 e. The van der Waals surface area contributed by atoms with Crippen LogP contribution in [0.2, 0.25) is 0 Å². The summed E-state index contributed by atoms with van der Waals surface area (Å²) in [5, 5.41) is 21.9. The fraction of sp³-hybridized carbons (Fsp3) is 0.526. The fourth-order valence-electron chi connectivity index (χ4n) is 9.20. The summed E-state index contributed by atoms with van der Waals surface area (Å²) in [4.78, 5) is 77.0. The summed E-state index contributed by atoms with van der Waals surface area (Å²) < 4.78 is 66.9. The lowest BCUT2D eigenvalue weighted by molar-refractivity contribution is -0.183. The maximum Gasteiger partial charge on any atom is 0.391 e. The highest BCUT2D eigenvalue weighted by Crippen LogP contribution is 2.40. The van der Waals surface area contributed by atoms with Gasteiger partial charge >= 0.3 is 6.18 Å². The summed E-state index contributed by atoms with van der Waals surface area (Å²) in [5.41, 5.74) is 6.23. The first-order chi connectivity index (χ1) is 37.8. The van der Waals surface area contributed by atoms with Crippen molar-refractivity contribution in [1.82, 2.24) is 36.1 Å². The Hall–Kier alpha value is -6.30. The minimum absolute atomic E-state index is 0.00193. The predicted octanol–water partition coefficient (Wildman–Crippen LogP) is 6.37. The molecule has 79 heavy (non-hydrogen) atoms. The van der Waals surface area contributed by atoms with E-state index < -0.39 is 59.3 Å². The maximum atomic E-state index is 13.9. The third-order valence-corrected chi connectivity index (χ3v) is 14.5. The Kier molecular flexibility index (Phi) is 23.8. The molecule has 1 saturated heterocycles. The zero-order valence-electron chi connectivity index (χ0n) is 45.5. The highest BCUT2D eigenvalue weighted by atomic mass is 32.1. The summed E-state index contributed by atoms with van der Waals surface area (Å²) in [6, 6.07) is 14.8. The van der Waals surface area contributed by atoms with Crippen LogP contribution in [0.15, 0.2) is 72.4 Å². The number of nitrogens with one attached hydrogen (secondary N) is 4. The molecule has 0 radical (unpaired) electrons. The third-order valence-electron chi connectivity index (χ3n) is 13.6. The molecular weight excluding hydrogens is 1050 g/mol. The number of aliphatic hydroxyl groups is 1. The van der Waals surface area contributed by atoms with E-state index in [2.05, 4.69) is 31.2 Å². The van der Waals surface area contributed by atoms with Gasteiger partial charge in [0, 0.05) is 38.2 Å². The van der Waals surface area contributed by atoms with Crippen molar-refractivity contribution in [3.05, 3.63) is 106 Å². The number of aryl methyl sites for hydroxylation is 1. The van der Waals surface area contributed by atoms with Gasteiger partial charge in [-0.3, -0.25) is 24.0 Å². The number of hydrogen-bond acceptors (Lipinski definition) is 14. The number of aliphatic hydroxyl groups excluding tert-OH is 1. The first kappa shape index (κ1) is 61.9. The number of aromatic nitrogens is 2. The Bertz CT molecular complexity index is 2660. The summed E-state index contributed by atoms with van der Waals surface area (Å²) in [7, 11) is 1.48. The van der Waals surface area contributed by atoms with E-state index in [0.29, 0.717) is 50.5 Å². The second-order valence-electron chi connectivity index (χ2n) is 20.7.